The van der Waals surface area contributed by atoms with Gasteiger partial charge in [0, 0.05) is 11.7 Å². The van der Waals surface area contributed by atoms with Crippen LogP contribution >= 0.6 is 0 Å². The van der Waals surface area contributed by atoms with E-state index in [-0.39, 0.29) is 6.04 Å². The number of hydrogen-bond acceptors (Lipinski definition) is 6. The van der Waals surface area contributed by atoms with Crippen molar-refractivity contribution in [1.29, 1.82) is 0 Å². The summed E-state index contributed by atoms with van der Waals surface area (Å²) in [5, 5.41) is 9.54. The zero-order valence-corrected chi connectivity index (χ0v) is 14.3. The highest BCUT2D eigenvalue weighted by molar-refractivity contribution is 5.90. The van der Waals surface area contributed by atoms with Gasteiger partial charge in [-0.3, -0.25) is 0 Å². The summed E-state index contributed by atoms with van der Waals surface area (Å²) in [6, 6.07) is 2.19. The molecule has 3 aromatic heterocycles. The number of pyridine rings is 1. The van der Waals surface area contributed by atoms with Crippen molar-refractivity contribution in [3.8, 4) is 11.5 Å². The van der Waals surface area contributed by atoms with Crippen LogP contribution in [0.2, 0.25) is 0 Å². The van der Waals surface area contributed by atoms with E-state index in [0.717, 1.165) is 48.0 Å². The third kappa shape index (κ3) is 2.31. The highest BCUT2D eigenvalue weighted by Gasteiger charge is 2.36. The van der Waals surface area contributed by atoms with Gasteiger partial charge in [-0.25, -0.2) is 9.67 Å². The average Bonchev–Trinajstić information content (AvgIpc) is 3.24. The zero-order chi connectivity index (χ0) is 16.9. The van der Waals surface area contributed by atoms with Gasteiger partial charge >= 0.3 is 0 Å². The Morgan fingerprint density at radius 2 is 2.00 bits per heavy atom. The normalized spacial score (nSPS) is 17.2. The second-order valence-corrected chi connectivity index (χ2v) is 7.02. The second-order valence-electron chi connectivity index (χ2n) is 7.02. The molecule has 1 aliphatic carbocycles. The Kier molecular flexibility index (Phi) is 3.42. The lowest BCUT2D eigenvalue weighted by Crippen LogP contribution is -2.34. The number of aryl methyl sites for hydroxylation is 1. The van der Waals surface area contributed by atoms with Gasteiger partial charge in [-0.1, -0.05) is 18.0 Å². The molecular formula is C17H22N6O. The van der Waals surface area contributed by atoms with Gasteiger partial charge in [-0.05, 0) is 39.7 Å². The van der Waals surface area contributed by atoms with E-state index in [0.29, 0.717) is 11.7 Å². The highest BCUT2D eigenvalue weighted by Crippen LogP contribution is 2.36. The summed E-state index contributed by atoms with van der Waals surface area (Å²) >= 11 is 0. The van der Waals surface area contributed by atoms with E-state index in [1.807, 2.05) is 23.9 Å². The summed E-state index contributed by atoms with van der Waals surface area (Å²) < 4.78 is 7.46. The smallest absolute Gasteiger partial charge is 0.258 e. The Balaban J connectivity index is 1.84. The number of aromatic nitrogens is 5. The third-order valence-corrected chi connectivity index (χ3v) is 4.78. The monoisotopic (exact) mass is 326 g/mol. The number of hydrogen-bond donors (Lipinski definition) is 1. The van der Waals surface area contributed by atoms with E-state index >= 15 is 0 Å². The summed E-state index contributed by atoms with van der Waals surface area (Å²) in [6.07, 6.45) is 5.85. The summed E-state index contributed by atoms with van der Waals surface area (Å²) in [4.78, 5) is 9.24. The van der Waals surface area contributed by atoms with Crippen LogP contribution in [0.3, 0.4) is 0 Å². The predicted octanol–water partition coefficient (Wildman–Crippen LogP) is 3.10. The molecule has 126 valence electrons. The predicted molar refractivity (Wildman–Crippen MR) is 90.3 cm³/mol. The van der Waals surface area contributed by atoms with Crippen molar-refractivity contribution in [3.63, 3.8) is 0 Å². The lowest BCUT2D eigenvalue weighted by atomic mass is 9.98. The van der Waals surface area contributed by atoms with Crippen molar-refractivity contribution in [2.45, 2.75) is 58.0 Å². The average molecular weight is 326 g/mol. The lowest BCUT2D eigenvalue weighted by molar-refractivity contribution is 0.373. The number of rotatable bonds is 3. The highest BCUT2D eigenvalue weighted by atomic mass is 16.5. The molecule has 4 rings (SSSR count). The molecule has 0 aliphatic heterocycles. The Morgan fingerprint density at radius 1 is 1.25 bits per heavy atom. The fraction of sp³-hybridized carbons (Fsp3) is 0.529. The van der Waals surface area contributed by atoms with Gasteiger partial charge in [-0.15, -0.1) is 0 Å². The van der Waals surface area contributed by atoms with Crippen LogP contribution in [0.15, 0.2) is 16.8 Å². The molecule has 3 aromatic rings. The van der Waals surface area contributed by atoms with Gasteiger partial charge in [0.15, 0.2) is 11.5 Å². The Hall–Kier alpha value is -2.28. The molecule has 0 saturated heterocycles. The van der Waals surface area contributed by atoms with Crippen molar-refractivity contribution in [1.82, 2.24) is 24.9 Å². The number of nitrogens with two attached hydrogens (primary N) is 1. The molecule has 0 atom stereocenters. The van der Waals surface area contributed by atoms with Crippen molar-refractivity contribution in [3.05, 3.63) is 23.8 Å². The lowest BCUT2D eigenvalue weighted by Gasteiger charge is -2.17. The molecule has 7 heteroatoms. The molecule has 0 unspecified atom stereocenters. The third-order valence-electron chi connectivity index (χ3n) is 4.78. The maximum absolute atomic E-state index is 6.44. The Bertz CT molecular complexity index is 888. The standard InChI is InChI=1S/C17H22N6O/c1-10(2)23-14-13(9-19-23)12(8-11(3)20-14)15-21-16(22-24-15)17(18)6-4-5-7-17/h8-10H,4-7,18H2,1-3H3. The summed E-state index contributed by atoms with van der Waals surface area (Å²) in [5.41, 5.74) is 8.58. The summed E-state index contributed by atoms with van der Waals surface area (Å²) in [5.74, 6) is 1.09. The topological polar surface area (TPSA) is 95.6 Å². The van der Waals surface area contributed by atoms with E-state index < -0.39 is 5.54 Å². The van der Waals surface area contributed by atoms with Crippen LogP contribution in [0.4, 0.5) is 0 Å². The minimum atomic E-state index is -0.453. The first-order valence-corrected chi connectivity index (χ1v) is 8.46. The largest absolute Gasteiger partial charge is 0.334 e. The Morgan fingerprint density at radius 3 is 2.71 bits per heavy atom. The molecule has 0 radical (unpaired) electrons. The van der Waals surface area contributed by atoms with Crippen LogP contribution in [0.1, 0.15) is 57.1 Å². The van der Waals surface area contributed by atoms with Gasteiger partial charge in [-0.2, -0.15) is 10.1 Å². The molecule has 7 nitrogen and oxygen atoms in total. The minimum absolute atomic E-state index is 0.230. The first-order chi connectivity index (χ1) is 11.5. The van der Waals surface area contributed by atoms with E-state index in [4.69, 9.17) is 10.3 Å². The minimum Gasteiger partial charge on any atom is -0.334 e. The quantitative estimate of drug-likeness (QED) is 0.794. The van der Waals surface area contributed by atoms with Crippen molar-refractivity contribution in [2.24, 2.45) is 5.73 Å². The molecule has 3 heterocycles. The summed E-state index contributed by atoms with van der Waals surface area (Å²) in [7, 11) is 0. The first kappa shape index (κ1) is 15.3. The van der Waals surface area contributed by atoms with Crippen LogP contribution < -0.4 is 5.73 Å². The molecule has 0 aromatic carbocycles. The van der Waals surface area contributed by atoms with Gasteiger partial charge < -0.3 is 10.3 Å². The van der Waals surface area contributed by atoms with Crippen LogP contribution in [-0.2, 0) is 5.54 Å². The second kappa shape index (κ2) is 5.37. The SMILES string of the molecule is Cc1cc(-c2nc(C3(N)CCCC3)no2)c2cnn(C(C)C)c2n1. The molecule has 1 aliphatic rings. The van der Waals surface area contributed by atoms with Crippen molar-refractivity contribution in [2.75, 3.05) is 0 Å². The van der Waals surface area contributed by atoms with Gasteiger partial charge in [0.25, 0.3) is 5.89 Å². The van der Waals surface area contributed by atoms with E-state index in [9.17, 15) is 0 Å². The van der Waals surface area contributed by atoms with Crippen LogP contribution in [-0.4, -0.2) is 24.9 Å². The van der Waals surface area contributed by atoms with Gasteiger partial charge in [0.05, 0.1) is 22.7 Å². The molecule has 1 fully saturated rings. The molecule has 0 bridgehead atoms. The molecular weight excluding hydrogens is 304 g/mol. The van der Waals surface area contributed by atoms with Gasteiger partial charge in [0.1, 0.15) is 0 Å². The van der Waals surface area contributed by atoms with E-state index in [2.05, 4.69) is 34.1 Å². The zero-order valence-electron chi connectivity index (χ0n) is 14.3. The van der Waals surface area contributed by atoms with Crippen molar-refractivity contribution >= 4 is 11.0 Å². The van der Waals surface area contributed by atoms with Crippen LogP contribution in [0.5, 0.6) is 0 Å². The number of nitrogens with zero attached hydrogens (tertiary/aromatic N) is 5. The van der Waals surface area contributed by atoms with Crippen LogP contribution in [0, 0.1) is 6.92 Å². The number of fused-ring (bicyclic) bond motifs is 1. The fourth-order valence-corrected chi connectivity index (χ4v) is 3.46. The van der Waals surface area contributed by atoms with Gasteiger partial charge in [0.2, 0.25) is 0 Å². The molecule has 0 spiro atoms. The van der Waals surface area contributed by atoms with E-state index in [1.165, 1.54) is 0 Å². The van der Waals surface area contributed by atoms with Crippen LogP contribution in [0.25, 0.3) is 22.5 Å². The molecule has 24 heavy (non-hydrogen) atoms. The maximum Gasteiger partial charge on any atom is 0.258 e. The van der Waals surface area contributed by atoms with E-state index in [1.54, 1.807) is 0 Å². The van der Waals surface area contributed by atoms with Crippen molar-refractivity contribution < 1.29 is 4.52 Å². The molecule has 1 saturated carbocycles. The summed E-state index contributed by atoms with van der Waals surface area (Å²) in [6.45, 7) is 6.12. The fourth-order valence-electron chi connectivity index (χ4n) is 3.46. The Labute approximate surface area is 140 Å². The maximum atomic E-state index is 6.44. The molecule has 2 N–H and O–H groups in total. The first-order valence-electron chi connectivity index (χ1n) is 8.46. The molecule has 0 amide bonds.